The lowest BCUT2D eigenvalue weighted by atomic mass is 10.4. The maximum Gasteiger partial charge on any atom is 0.0431 e. The number of aliphatic hydroxyl groups is 1. The Labute approximate surface area is 67.2 Å². The molecule has 0 fully saturated rings. The molecule has 0 aromatic heterocycles. The Bertz CT molecular complexity index is 70.6. The smallest absolute Gasteiger partial charge is 0.0431 e. The Morgan fingerprint density at radius 1 is 1.50 bits per heavy atom. The fourth-order valence-electron chi connectivity index (χ4n) is 0.566. The first-order chi connectivity index (χ1) is 4.81. The third kappa shape index (κ3) is 6.39. The van der Waals surface area contributed by atoms with E-state index in [4.69, 9.17) is 10.8 Å². The third-order valence-electron chi connectivity index (χ3n) is 1.29. The average molecular weight is 163 g/mol. The van der Waals surface area contributed by atoms with Gasteiger partial charge in [-0.25, -0.2) is 0 Å². The van der Waals surface area contributed by atoms with E-state index in [9.17, 15) is 0 Å². The van der Waals surface area contributed by atoms with Gasteiger partial charge >= 0.3 is 0 Å². The summed E-state index contributed by atoms with van der Waals surface area (Å²) in [4.78, 5) is 0. The second-order valence-electron chi connectivity index (χ2n) is 2.35. The number of nitrogens with two attached hydrogens (primary N) is 1. The van der Waals surface area contributed by atoms with E-state index in [2.05, 4.69) is 6.92 Å². The molecule has 0 rings (SSSR count). The van der Waals surface area contributed by atoms with Gasteiger partial charge in [0, 0.05) is 18.4 Å². The fourth-order valence-corrected chi connectivity index (χ4v) is 1.48. The Balaban J connectivity index is 2.89. The molecule has 0 aliphatic carbocycles. The molecular weight excluding hydrogens is 146 g/mol. The molecule has 0 heterocycles. The average Bonchev–Trinajstić information content (AvgIpc) is 1.98. The Kier molecular flexibility index (Phi) is 7.58. The van der Waals surface area contributed by atoms with Crippen LogP contribution in [0.15, 0.2) is 0 Å². The van der Waals surface area contributed by atoms with Gasteiger partial charge in [-0.2, -0.15) is 11.8 Å². The molecule has 10 heavy (non-hydrogen) atoms. The van der Waals surface area contributed by atoms with Gasteiger partial charge in [-0.05, 0) is 18.6 Å². The highest BCUT2D eigenvalue weighted by Crippen LogP contribution is 2.10. The van der Waals surface area contributed by atoms with Gasteiger partial charge in [0.05, 0.1) is 0 Å². The van der Waals surface area contributed by atoms with Crippen molar-refractivity contribution in [3.05, 3.63) is 0 Å². The van der Waals surface area contributed by atoms with Crippen LogP contribution in [0.1, 0.15) is 19.8 Å². The topological polar surface area (TPSA) is 46.2 Å². The second-order valence-corrected chi connectivity index (χ2v) is 3.89. The van der Waals surface area contributed by atoms with E-state index in [1.54, 1.807) is 0 Å². The summed E-state index contributed by atoms with van der Waals surface area (Å²) in [5.41, 5.74) is 5.42. The first-order valence-corrected chi connectivity index (χ1v) is 4.78. The highest BCUT2D eigenvalue weighted by atomic mass is 32.2. The molecule has 0 aromatic rings. The SMILES string of the molecule is CC(CN)SCCCCO. The summed E-state index contributed by atoms with van der Waals surface area (Å²) in [6, 6.07) is 0. The van der Waals surface area contributed by atoms with Crippen LogP contribution in [0.3, 0.4) is 0 Å². The minimum atomic E-state index is 0.317. The Morgan fingerprint density at radius 3 is 2.70 bits per heavy atom. The lowest BCUT2D eigenvalue weighted by Crippen LogP contribution is -2.12. The van der Waals surface area contributed by atoms with Crippen molar-refractivity contribution < 1.29 is 5.11 Å². The third-order valence-corrected chi connectivity index (χ3v) is 2.57. The van der Waals surface area contributed by atoms with Crippen LogP contribution in [-0.4, -0.2) is 29.3 Å². The van der Waals surface area contributed by atoms with Gasteiger partial charge in [-0.15, -0.1) is 0 Å². The minimum absolute atomic E-state index is 0.317. The molecule has 0 saturated heterocycles. The van der Waals surface area contributed by atoms with Crippen LogP contribution in [0.4, 0.5) is 0 Å². The molecular formula is C7H17NOS. The molecule has 0 bridgehead atoms. The van der Waals surface area contributed by atoms with E-state index >= 15 is 0 Å². The largest absolute Gasteiger partial charge is 0.396 e. The summed E-state index contributed by atoms with van der Waals surface area (Å²) in [6.45, 7) is 3.20. The number of unbranched alkanes of at least 4 members (excludes halogenated alkanes) is 1. The number of thioether (sulfide) groups is 1. The maximum absolute atomic E-state index is 8.45. The summed E-state index contributed by atoms with van der Waals surface area (Å²) in [5.74, 6) is 1.12. The van der Waals surface area contributed by atoms with Gasteiger partial charge in [0.15, 0.2) is 0 Å². The quantitative estimate of drug-likeness (QED) is 0.570. The van der Waals surface area contributed by atoms with Crippen molar-refractivity contribution in [1.29, 1.82) is 0 Å². The minimum Gasteiger partial charge on any atom is -0.396 e. The van der Waals surface area contributed by atoms with Crippen LogP contribution in [0.2, 0.25) is 0 Å². The molecule has 0 aliphatic rings. The summed E-state index contributed by atoms with van der Waals surface area (Å²) >= 11 is 1.88. The van der Waals surface area contributed by atoms with Gasteiger partial charge < -0.3 is 10.8 Å². The molecule has 0 aliphatic heterocycles. The van der Waals surface area contributed by atoms with E-state index in [1.165, 1.54) is 0 Å². The van der Waals surface area contributed by atoms with Crippen LogP contribution in [0.5, 0.6) is 0 Å². The molecule has 1 unspecified atom stereocenters. The highest BCUT2D eigenvalue weighted by molar-refractivity contribution is 7.99. The van der Waals surface area contributed by atoms with E-state index in [0.29, 0.717) is 11.9 Å². The zero-order chi connectivity index (χ0) is 7.82. The van der Waals surface area contributed by atoms with Gasteiger partial charge in [-0.3, -0.25) is 0 Å². The molecule has 3 heteroatoms. The molecule has 62 valence electrons. The van der Waals surface area contributed by atoms with E-state index in [1.807, 2.05) is 11.8 Å². The molecule has 1 atom stereocenters. The van der Waals surface area contributed by atoms with Crippen LogP contribution in [-0.2, 0) is 0 Å². The standard InChI is InChI=1S/C7H17NOS/c1-7(6-8)10-5-3-2-4-9/h7,9H,2-6,8H2,1H3. The van der Waals surface area contributed by atoms with Crippen LogP contribution in [0.25, 0.3) is 0 Å². The zero-order valence-electron chi connectivity index (χ0n) is 6.55. The Hall–Kier alpha value is 0.270. The highest BCUT2D eigenvalue weighted by Gasteiger charge is 1.97. The van der Waals surface area contributed by atoms with Crippen molar-refractivity contribution in [3.63, 3.8) is 0 Å². The van der Waals surface area contributed by atoms with Gasteiger partial charge in [0.25, 0.3) is 0 Å². The van der Waals surface area contributed by atoms with E-state index in [0.717, 1.165) is 25.1 Å². The van der Waals surface area contributed by atoms with Crippen molar-refractivity contribution in [3.8, 4) is 0 Å². The lowest BCUT2D eigenvalue weighted by Gasteiger charge is -2.06. The molecule has 2 nitrogen and oxygen atoms in total. The summed E-state index contributed by atoms with van der Waals surface area (Å²) in [7, 11) is 0. The molecule has 0 spiro atoms. The molecule has 0 amide bonds. The van der Waals surface area contributed by atoms with E-state index < -0.39 is 0 Å². The summed E-state index contributed by atoms with van der Waals surface area (Å²) in [5, 5.41) is 9.02. The number of hydrogen-bond donors (Lipinski definition) is 2. The van der Waals surface area contributed by atoms with Crippen molar-refractivity contribution in [2.45, 2.75) is 25.0 Å². The Morgan fingerprint density at radius 2 is 2.20 bits per heavy atom. The lowest BCUT2D eigenvalue weighted by molar-refractivity contribution is 0.287. The van der Waals surface area contributed by atoms with Gasteiger partial charge in [0.2, 0.25) is 0 Å². The van der Waals surface area contributed by atoms with Crippen LogP contribution < -0.4 is 5.73 Å². The molecule has 0 saturated carbocycles. The fraction of sp³-hybridized carbons (Fsp3) is 1.00. The predicted octanol–water partition coefficient (Wildman–Crippen LogP) is 0.839. The number of rotatable bonds is 6. The van der Waals surface area contributed by atoms with Crippen molar-refractivity contribution in [1.82, 2.24) is 0 Å². The number of hydrogen-bond acceptors (Lipinski definition) is 3. The summed E-state index contributed by atoms with van der Waals surface area (Å²) in [6.07, 6.45) is 2.02. The molecule has 0 radical (unpaired) electrons. The van der Waals surface area contributed by atoms with E-state index in [-0.39, 0.29) is 0 Å². The van der Waals surface area contributed by atoms with Crippen LogP contribution >= 0.6 is 11.8 Å². The first kappa shape index (κ1) is 10.3. The summed E-state index contributed by atoms with van der Waals surface area (Å²) < 4.78 is 0. The van der Waals surface area contributed by atoms with Gasteiger partial charge in [-0.1, -0.05) is 6.92 Å². The van der Waals surface area contributed by atoms with Crippen LogP contribution in [0, 0.1) is 0 Å². The first-order valence-electron chi connectivity index (χ1n) is 3.73. The monoisotopic (exact) mass is 163 g/mol. The van der Waals surface area contributed by atoms with Crippen molar-refractivity contribution in [2.24, 2.45) is 5.73 Å². The van der Waals surface area contributed by atoms with Crippen molar-refractivity contribution >= 4 is 11.8 Å². The maximum atomic E-state index is 8.45. The second kappa shape index (κ2) is 7.38. The predicted molar refractivity (Wildman–Crippen MR) is 47.3 cm³/mol. The number of aliphatic hydroxyl groups excluding tert-OH is 1. The molecule has 0 aromatic carbocycles. The molecule has 3 N–H and O–H groups in total. The van der Waals surface area contributed by atoms with Gasteiger partial charge in [0.1, 0.15) is 0 Å². The van der Waals surface area contributed by atoms with Crippen molar-refractivity contribution in [2.75, 3.05) is 18.9 Å². The zero-order valence-corrected chi connectivity index (χ0v) is 7.36. The normalized spacial score (nSPS) is 13.5.